The van der Waals surface area contributed by atoms with E-state index in [-0.39, 0.29) is 5.96 Å². The van der Waals surface area contributed by atoms with Crippen LogP contribution < -0.4 is 17.0 Å². The Balaban J connectivity index is 2.98. The van der Waals surface area contributed by atoms with Crippen molar-refractivity contribution >= 4 is 39.2 Å². The molecule has 4 nitrogen and oxygen atoms in total. The molecule has 0 bridgehead atoms. The highest BCUT2D eigenvalue weighted by atomic mass is 79.9. The second kappa shape index (κ2) is 4.45. The second-order valence-corrected chi connectivity index (χ2v) is 3.50. The maximum Gasteiger partial charge on any atom is 0.208 e. The first-order valence-electron chi connectivity index (χ1n) is 3.39. The highest BCUT2D eigenvalue weighted by Gasteiger charge is 1.97. The van der Waals surface area contributed by atoms with Crippen molar-refractivity contribution in [2.75, 3.05) is 0 Å². The molecular formula is C7H8BrClN4. The lowest BCUT2D eigenvalue weighted by Crippen LogP contribution is -2.36. The summed E-state index contributed by atoms with van der Waals surface area (Å²) in [5.41, 5.74) is 8.26. The summed E-state index contributed by atoms with van der Waals surface area (Å²) in [6, 6.07) is 5.19. The van der Waals surface area contributed by atoms with Gasteiger partial charge in [0.25, 0.3) is 0 Å². The molecule has 0 amide bonds. The Bertz CT molecular complexity index is 339. The third kappa shape index (κ3) is 2.87. The van der Waals surface area contributed by atoms with Gasteiger partial charge in [-0.25, -0.2) is 10.8 Å². The van der Waals surface area contributed by atoms with Crippen molar-refractivity contribution < 1.29 is 0 Å². The molecule has 0 aliphatic carbocycles. The number of benzene rings is 1. The predicted molar refractivity (Wildman–Crippen MR) is 57.8 cm³/mol. The summed E-state index contributed by atoms with van der Waals surface area (Å²) >= 11 is 9.05. The molecule has 0 radical (unpaired) electrons. The first-order valence-corrected chi connectivity index (χ1v) is 4.56. The summed E-state index contributed by atoms with van der Waals surface area (Å²) in [4.78, 5) is 3.95. The summed E-state index contributed by atoms with van der Waals surface area (Å²) in [6.45, 7) is 0. The first-order chi connectivity index (χ1) is 6.13. The van der Waals surface area contributed by atoms with Crippen LogP contribution in [-0.2, 0) is 0 Å². The number of guanidine groups is 1. The number of nitrogens with one attached hydrogen (secondary N) is 1. The summed E-state index contributed by atoms with van der Waals surface area (Å²) in [5.74, 6) is 5.19. The van der Waals surface area contributed by atoms with Crippen molar-refractivity contribution in [1.82, 2.24) is 5.43 Å². The lowest BCUT2D eigenvalue weighted by atomic mass is 10.3. The van der Waals surface area contributed by atoms with Gasteiger partial charge < -0.3 is 5.73 Å². The molecule has 0 atom stereocenters. The van der Waals surface area contributed by atoms with Gasteiger partial charge in [-0.2, -0.15) is 0 Å². The standard InChI is InChI=1S/C7H8BrClN4/c8-5-3-4(1-2-6(5)9)12-7(10)13-11/h1-3H,11H2,(H3,10,12,13). The summed E-state index contributed by atoms with van der Waals surface area (Å²) in [6.07, 6.45) is 0. The van der Waals surface area contributed by atoms with Crippen molar-refractivity contribution in [2.24, 2.45) is 16.6 Å². The van der Waals surface area contributed by atoms with Crippen LogP contribution in [0.1, 0.15) is 0 Å². The van der Waals surface area contributed by atoms with Crippen LogP contribution in [0.15, 0.2) is 27.7 Å². The van der Waals surface area contributed by atoms with Gasteiger partial charge in [-0.1, -0.05) is 11.6 Å². The Morgan fingerprint density at radius 3 is 2.77 bits per heavy atom. The van der Waals surface area contributed by atoms with Gasteiger partial charge >= 0.3 is 0 Å². The quantitative estimate of drug-likeness (QED) is 0.311. The van der Waals surface area contributed by atoms with Gasteiger partial charge in [0, 0.05) is 4.47 Å². The Morgan fingerprint density at radius 1 is 1.54 bits per heavy atom. The number of nitrogens with zero attached hydrogens (tertiary/aromatic N) is 1. The predicted octanol–water partition coefficient (Wildman–Crippen LogP) is 1.51. The fourth-order valence-corrected chi connectivity index (χ4v) is 1.21. The SMILES string of the molecule is NNC(N)=Nc1ccc(Cl)c(Br)c1. The third-order valence-corrected chi connectivity index (χ3v) is 2.51. The van der Waals surface area contributed by atoms with Gasteiger partial charge in [0.1, 0.15) is 0 Å². The molecule has 0 unspecified atom stereocenters. The van der Waals surface area contributed by atoms with Gasteiger partial charge in [-0.3, -0.25) is 5.43 Å². The normalized spacial score (nSPS) is 11.5. The lowest BCUT2D eigenvalue weighted by Gasteiger charge is -2.00. The van der Waals surface area contributed by atoms with Gasteiger partial charge in [0.05, 0.1) is 10.7 Å². The smallest absolute Gasteiger partial charge is 0.208 e. The van der Waals surface area contributed by atoms with Crippen LogP contribution in [-0.4, -0.2) is 5.96 Å². The molecule has 0 aromatic heterocycles. The average Bonchev–Trinajstić information content (AvgIpc) is 2.11. The summed E-state index contributed by atoms with van der Waals surface area (Å²) < 4.78 is 0.764. The molecular weight excluding hydrogens is 255 g/mol. The monoisotopic (exact) mass is 262 g/mol. The Hall–Kier alpha value is -0.780. The number of hydrogen-bond acceptors (Lipinski definition) is 2. The molecule has 0 heterocycles. The minimum Gasteiger partial charge on any atom is -0.369 e. The van der Waals surface area contributed by atoms with Gasteiger partial charge in [-0.15, -0.1) is 0 Å². The summed E-state index contributed by atoms with van der Waals surface area (Å²) in [7, 11) is 0. The van der Waals surface area contributed by atoms with Crippen molar-refractivity contribution in [3.63, 3.8) is 0 Å². The van der Waals surface area contributed by atoms with Crippen molar-refractivity contribution in [3.8, 4) is 0 Å². The topological polar surface area (TPSA) is 76.4 Å². The first kappa shape index (κ1) is 10.3. The molecule has 6 heteroatoms. The molecule has 1 aromatic carbocycles. The zero-order chi connectivity index (χ0) is 9.84. The number of hydrogen-bond donors (Lipinski definition) is 3. The number of aliphatic imine (C=N–C) groups is 1. The van der Waals surface area contributed by atoms with Gasteiger partial charge in [-0.05, 0) is 34.1 Å². The van der Waals surface area contributed by atoms with Crippen molar-refractivity contribution in [3.05, 3.63) is 27.7 Å². The molecule has 0 fully saturated rings. The number of halogens is 2. The summed E-state index contributed by atoms with van der Waals surface area (Å²) in [5, 5.41) is 0.623. The van der Waals surface area contributed by atoms with E-state index in [0.717, 1.165) is 4.47 Å². The zero-order valence-corrected chi connectivity index (χ0v) is 8.93. The average molecular weight is 264 g/mol. The minimum atomic E-state index is 0.147. The Morgan fingerprint density at radius 2 is 2.23 bits per heavy atom. The molecule has 0 aliphatic rings. The van der Waals surface area contributed by atoms with Crippen LogP contribution in [0, 0.1) is 0 Å². The van der Waals surface area contributed by atoms with Crippen LogP contribution in [0.25, 0.3) is 0 Å². The van der Waals surface area contributed by atoms with E-state index in [4.69, 9.17) is 23.2 Å². The van der Waals surface area contributed by atoms with E-state index in [1.807, 2.05) is 0 Å². The van der Waals surface area contributed by atoms with Crippen LogP contribution in [0.3, 0.4) is 0 Å². The van der Waals surface area contributed by atoms with Crippen LogP contribution in [0.5, 0.6) is 0 Å². The highest BCUT2D eigenvalue weighted by molar-refractivity contribution is 9.10. The second-order valence-electron chi connectivity index (χ2n) is 2.24. The molecule has 0 saturated heterocycles. The van der Waals surface area contributed by atoms with Crippen LogP contribution in [0.2, 0.25) is 5.02 Å². The van der Waals surface area contributed by atoms with Gasteiger partial charge in [0.2, 0.25) is 5.96 Å². The van der Waals surface area contributed by atoms with Crippen molar-refractivity contribution in [2.45, 2.75) is 0 Å². The molecule has 0 aliphatic heterocycles. The molecule has 0 saturated carbocycles. The number of rotatable bonds is 1. The van der Waals surface area contributed by atoms with E-state index in [1.54, 1.807) is 18.2 Å². The maximum absolute atomic E-state index is 5.78. The van der Waals surface area contributed by atoms with Crippen LogP contribution >= 0.6 is 27.5 Å². The van der Waals surface area contributed by atoms with E-state index < -0.39 is 0 Å². The molecule has 1 aromatic rings. The molecule has 13 heavy (non-hydrogen) atoms. The fraction of sp³-hybridized carbons (Fsp3) is 0. The van der Waals surface area contributed by atoms with E-state index in [2.05, 4.69) is 26.3 Å². The highest BCUT2D eigenvalue weighted by Crippen LogP contribution is 2.26. The minimum absolute atomic E-state index is 0.147. The largest absolute Gasteiger partial charge is 0.369 e. The van der Waals surface area contributed by atoms with E-state index in [0.29, 0.717) is 10.7 Å². The molecule has 0 spiro atoms. The van der Waals surface area contributed by atoms with E-state index >= 15 is 0 Å². The lowest BCUT2D eigenvalue weighted by molar-refractivity contribution is 1.01. The van der Waals surface area contributed by atoms with E-state index in [9.17, 15) is 0 Å². The van der Waals surface area contributed by atoms with E-state index in [1.165, 1.54) is 0 Å². The fourth-order valence-electron chi connectivity index (χ4n) is 0.726. The third-order valence-electron chi connectivity index (χ3n) is 1.30. The molecule has 1 rings (SSSR count). The maximum atomic E-state index is 5.78. The Labute approximate surface area is 89.1 Å². The zero-order valence-electron chi connectivity index (χ0n) is 6.59. The number of nitrogens with two attached hydrogens (primary N) is 2. The number of hydrazine groups is 1. The molecule has 5 N–H and O–H groups in total. The van der Waals surface area contributed by atoms with Gasteiger partial charge in [0.15, 0.2) is 0 Å². The molecule has 70 valence electrons. The van der Waals surface area contributed by atoms with Crippen molar-refractivity contribution in [1.29, 1.82) is 0 Å². The Kier molecular flexibility index (Phi) is 3.53. The van der Waals surface area contributed by atoms with Crippen LogP contribution in [0.4, 0.5) is 5.69 Å².